The summed E-state index contributed by atoms with van der Waals surface area (Å²) in [6, 6.07) is 3.04. The third-order valence-corrected chi connectivity index (χ3v) is 5.01. The third kappa shape index (κ3) is 3.13. The van der Waals surface area contributed by atoms with Crippen LogP contribution in [0.1, 0.15) is 26.2 Å². The predicted octanol–water partition coefficient (Wildman–Crippen LogP) is 1.56. The van der Waals surface area contributed by atoms with Gasteiger partial charge in [-0.15, -0.1) is 0 Å². The first-order valence-electron chi connectivity index (χ1n) is 8.11. The second kappa shape index (κ2) is 6.12. The Hall–Kier alpha value is -2.02. The molecule has 1 saturated carbocycles. The van der Waals surface area contributed by atoms with Crippen LogP contribution in [0.25, 0.3) is 0 Å². The number of hydrogen-bond donors (Lipinski definition) is 2. The molecule has 2 atom stereocenters. The van der Waals surface area contributed by atoms with Crippen molar-refractivity contribution in [2.24, 2.45) is 17.6 Å². The van der Waals surface area contributed by atoms with E-state index in [2.05, 4.69) is 5.32 Å². The molecular formula is C17H21F2N3O2. The van der Waals surface area contributed by atoms with Crippen molar-refractivity contribution in [3.05, 3.63) is 29.8 Å². The zero-order valence-corrected chi connectivity index (χ0v) is 13.5. The monoisotopic (exact) mass is 337 g/mol. The molecule has 2 unspecified atom stereocenters. The zero-order chi connectivity index (χ0) is 17.5. The lowest BCUT2D eigenvalue weighted by Crippen LogP contribution is -2.54. The molecule has 1 aliphatic heterocycles. The van der Waals surface area contributed by atoms with Gasteiger partial charge in [0.2, 0.25) is 11.8 Å². The SMILES string of the molecule is CC(CN)(NC(=O)C1CC(=O)N(c2ccc(F)cc2F)C1)C1CC1. The molecular weight excluding hydrogens is 316 g/mol. The second-order valence-corrected chi connectivity index (χ2v) is 6.89. The number of carbonyl (C=O) groups is 2. The Morgan fingerprint density at radius 2 is 2.12 bits per heavy atom. The molecule has 2 amide bonds. The van der Waals surface area contributed by atoms with E-state index >= 15 is 0 Å². The lowest BCUT2D eigenvalue weighted by Gasteiger charge is -2.30. The minimum atomic E-state index is -0.811. The minimum absolute atomic E-state index is 0.000444. The van der Waals surface area contributed by atoms with Gasteiger partial charge in [-0.1, -0.05) is 0 Å². The van der Waals surface area contributed by atoms with Crippen LogP contribution >= 0.6 is 0 Å². The minimum Gasteiger partial charge on any atom is -0.349 e. The highest BCUT2D eigenvalue weighted by Gasteiger charge is 2.44. The van der Waals surface area contributed by atoms with Gasteiger partial charge in [-0.25, -0.2) is 8.78 Å². The Morgan fingerprint density at radius 1 is 1.42 bits per heavy atom. The molecule has 1 aromatic carbocycles. The highest BCUT2D eigenvalue weighted by atomic mass is 19.1. The van der Waals surface area contributed by atoms with Crippen molar-refractivity contribution >= 4 is 17.5 Å². The van der Waals surface area contributed by atoms with E-state index in [-0.39, 0.29) is 30.5 Å². The number of amides is 2. The Balaban J connectivity index is 1.71. The molecule has 3 N–H and O–H groups in total. The Bertz CT molecular complexity index is 678. The Morgan fingerprint density at radius 3 is 2.71 bits per heavy atom. The van der Waals surface area contributed by atoms with Crippen LogP contribution in [0, 0.1) is 23.5 Å². The molecule has 130 valence electrons. The van der Waals surface area contributed by atoms with Crippen LogP contribution in [0.2, 0.25) is 0 Å². The Labute approximate surface area is 139 Å². The van der Waals surface area contributed by atoms with Crippen molar-refractivity contribution in [3.63, 3.8) is 0 Å². The predicted molar refractivity (Wildman–Crippen MR) is 85.1 cm³/mol. The summed E-state index contributed by atoms with van der Waals surface area (Å²) in [5.74, 6) is -2.30. The van der Waals surface area contributed by atoms with Crippen LogP contribution in [0.4, 0.5) is 14.5 Å². The molecule has 2 fully saturated rings. The van der Waals surface area contributed by atoms with Crippen LogP contribution in [-0.2, 0) is 9.59 Å². The first kappa shape index (κ1) is 16.8. The Kier molecular flexibility index (Phi) is 4.29. The number of rotatable bonds is 5. The maximum absolute atomic E-state index is 13.9. The fraction of sp³-hybridized carbons (Fsp3) is 0.529. The van der Waals surface area contributed by atoms with Gasteiger partial charge >= 0.3 is 0 Å². The summed E-state index contributed by atoms with van der Waals surface area (Å²) in [5.41, 5.74) is 5.33. The molecule has 2 aliphatic rings. The number of nitrogens with one attached hydrogen (secondary N) is 1. The van der Waals surface area contributed by atoms with E-state index in [4.69, 9.17) is 5.73 Å². The molecule has 1 saturated heterocycles. The quantitative estimate of drug-likeness (QED) is 0.856. The number of hydrogen-bond acceptors (Lipinski definition) is 3. The molecule has 5 nitrogen and oxygen atoms in total. The number of anilines is 1. The molecule has 7 heteroatoms. The van der Waals surface area contributed by atoms with Gasteiger partial charge in [0.25, 0.3) is 0 Å². The number of carbonyl (C=O) groups excluding carboxylic acids is 2. The summed E-state index contributed by atoms with van der Waals surface area (Å²) in [7, 11) is 0. The van der Waals surface area contributed by atoms with E-state index in [0.717, 1.165) is 25.0 Å². The van der Waals surface area contributed by atoms with Crippen LogP contribution in [0.3, 0.4) is 0 Å². The van der Waals surface area contributed by atoms with Crippen LogP contribution in [-0.4, -0.2) is 30.4 Å². The van der Waals surface area contributed by atoms with E-state index in [1.54, 1.807) is 0 Å². The number of halogens is 2. The van der Waals surface area contributed by atoms with E-state index in [0.29, 0.717) is 12.5 Å². The molecule has 0 spiro atoms. The highest BCUT2D eigenvalue weighted by molar-refractivity contribution is 6.00. The van der Waals surface area contributed by atoms with Gasteiger partial charge in [-0.2, -0.15) is 0 Å². The normalized spacial score (nSPS) is 23.2. The molecule has 1 aliphatic carbocycles. The van der Waals surface area contributed by atoms with Crippen LogP contribution in [0.5, 0.6) is 0 Å². The van der Waals surface area contributed by atoms with Crippen molar-refractivity contribution in [1.82, 2.24) is 5.32 Å². The summed E-state index contributed by atoms with van der Waals surface area (Å²) in [6.45, 7) is 2.33. The lowest BCUT2D eigenvalue weighted by molar-refractivity contribution is -0.128. The summed E-state index contributed by atoms with van der Waals surface area (Å²) < 4.78 is 26.9. The van der Waals surface area contributed by atoms with Crippen LogP contribution < -0.4 is 16.0 Å². The fourth-order valence-electron chi connectivity index (χ4n) is 3.24. The highest BCUT2D eigenvalue weighted by Crippen LogP contribution is 2.39. The maximum atomic E-state index is 13.9. The molecule has 1 aromatic rings. The standard InChI is InChI=1S/C17H21F2N3O2/c1-17(9-20,11-2-3-11)21-16(24)10-6-15(23)22(8-10)14-5-4-12(18)7-13(14)19/h4-5,7,10-11H,2-3,6,8-9,20H2,1H3,(H,21,24). The van der Waals surface area contributed by atoms with Gasteiger partial charge in [0, 0.05) is 25.6 Å². The van der Waals surface area contributed by atoms with Gasteiger partial charge in [0.05, 0.1) is 17.1 Å². The van der Waals surface area contributed by atoms with Crippen molar-refractivity contribution in [1.29, 1.82) is 0 Å². The van der Waals surface area contributed by atoms with Crippen molar-refractivity contribution in [2.45, 2.75) is 31.7 Å². The third-order valence-electron chi connectivity index (χ3n) is 5.01. The topological polar surface area (TPSA) is 75.4 Å². The summed E-state index contributed by atoms with van der Waals surface area (Å²) in [6.07, 6.45) is 2.07. The first-order chi connectivity index (χ1) is 11.3. The molecule has 0 bridgehead atoms. The average Bonchev–Trinajstić information content (AvgIpc) is 3.31. The largest absolute Gasteiger partial charge is 0.349 e. The average molecular weight is 337 g/mol. The van der Waals surface area contributed by atoms with Gasteiger partial charge in [0.15, 0.2) is 0 Å². The smallest absolute Gasteiger partial charge is 0.227 e. The van der Waals surface area contributed by atoms with Crippen LogP contribution in [0.15, 0.2) is 18.2 Å². The summed E-state index contributed by atoms with van der Waals surface area (Å²) in [5, 5.41) is 2.97. The number of nitrogens with zero attached hydrogens (tertiary/aromatic N) is 1. The maximum Gasteiger partial charge on any atom is 0.227 e. The van der Waals surface area contributed by atoms with Crippen molar-refractivity contribution < 1.29 is 18.4 Å². The van der Waals surface area contributed by atoms with Crippen molar-refractivity contribution in [2.75, 3.05) is 18.0 Å². The molecule has 24 heavy (non-hydrogen) atoms. The van der Waals surface area contributed by atoms with Gasteiger partial charge in [-0.05, 0) is 37.8 Å². The fourth-order valence-corrected chi connectivity index (χ4v) is 3.24. The van der Waals surface area contributed by atoms with Crippen molar-refractivity contribution in [3.8, 4) is 0 Å². The van der Waals surface area contributed by atoms with E-state index in [9.17, 15) is 18.4 Å². The van der Waals surface area contributed by atoms with E-state index < -0.39 is 23.1 Å². The summed E-state index contributed by atoms with van der Waals surface area (Å²) in [4.78, 5) is 25.9. The van der Waals surface area contributed by atoms with E-state index in [1.165, 1.54) is 11.0 Å². The summed E-state index contributed by atoms with van der Waals surface area (Å²) >= 11 is 0. The molecule has 0 aromatic heterocycles. The van der Waals surface area contributed by atoms with Gasteiger partial charge < -0.3 is 16.0 Å². The first-order valence-corrected chi connectivity index (χ1v) is 8.11. The molecule has 1 heterocycles. The van der Waals surface area contributed by atoms with E-state index in [1.807, 2.05) is 6.92 Å². The number of benzene rings is 1. The lowest BCUT2D eigenvalue weighted by atomic mass is 9.94. The molecule has 0 radical (unpaired) electrons. The number of nitrogens with two attached hydrogens (primary N) is 1. The molecule has 3 rings (SSSR count). The van der Waals surface area contributed by atoms with Gasteiger partial charge in [0.1, 0.15) is 11.6 Å². The van der Waals surface area contributed by atoms with Gasteiger partial charge in [-0.3, -0.25) is 9.59 Å². The second-order valence-electron chi connectivity index (χ2n) is 6.89. The zero-order valence-electron chi connectivity index (χ0n) is 13.5.